The first-order chi connectivity index (χ1) is 12.1. The van der Waals surface area contributed by atoms with Gasteiger partial charge in [-0.15, -0.1) is 0 Å². The topological polar surface area (TPSA) is 95.5 Å². The zero-order valence-corrected chi connectivity index (χ0v) is 16.6. The normalized spacial score (nSPS) is 21.3. The third-order valence-electron chi connectivity index (χ3n) is 4.85. The first-order valence-electron chi connectivity index (χ1n) is 9.13. The lowest BCUT2D eigenvalue weighted by atomic mass is 9.86. The van der Waals surface area contributed by atoms with Gasteiger partial charge in [-0.1, -0.05) is 12.1 Å². The molecule has 1 aromatic carbocycles. The fourth-order valence-corrected chi connectivity index (χ4v) is 4.14. The highest BCUT2D eigenvalue weighted by molar-refractivity contribution is 7.90. The minimum atomic E-state index is -3.30. The van der Waals surface area contributed by atoms with E-state index in [0.29, 0.717) is 5.92 Å². The number of nitrogens with one attached hydrogen (secondary N) is 2. The maximum atomic E-state index is 12.3. The third kappa shape index (κ3) is 5.99. The van der Waals surface area contributed by atoms with E-state index in [1.54, 1.807) is 20.8 Å². The van der Waals surface area contributed by atoms with Crippen LogP contribution in [0.1, 0.15) is 52.0 Å². The van der Waals surface area contributed by atoms with Gasteiger partial charge in [0.1, 0.15) is 0 Å². The van der Waals surface area contributed by atoms with Crippen LogP contribution >= 0.6 is 0 Å². The third-order valence-corrected chi connectivity index (χ3v) is 7.11. The van der Waals surface area contributed by atoms with Crippen LogP contribution < -0.4 is 10.0 Å². The summed E-state index contributed by atoms with van der Waals surface area (Å²) in [6.45, 7) is 5.95. The van der Waals surface area contributed by atoms with Gasteiger partial charge in [0.2, 0.25) is 10.0 Å². The lowest BCUT2D eigenvalue weighted by molar-refractivity contribution is -0.136. The summed E-state index contributed by atoms with van der Waals surface area (Å²) in [5.74, 6) is -0.341. The van der Waals surface area contributed by atoms with E-state index in [4.69, 9.17) is 5.11 Å². The largest absolute Gasteiger partial charge is 0.481 e. The van der Waals surface area contributed by atoms with Gasteiger partial charge in [-0.05, 0) is 70.1 Å². The molecule has 0 saturated heterocycles. The maximum absolute atomic E-state index is 12.3. The van der Waals surface area contributed by atoms with Gasteiger partial charge in [-0.25, -0.2) is 13.1 Å². The smallest absolute Gasteiger partial charge is 0.307 e. The number of rotatable bonds is 7. The second-order valence-electron chi connectivity index (χ2n) is 8.10. The molecule has 1 saturated carbocycles. The van der Waals surface area contributed by atoms with Crippen LogP contribution in [-0.4, -0.2) is 36.8 Å². The van der Waals surface area contributed by atoms with Crippen molar-refractivity contribution in [2.24, 2.45) is 5.92 Å². The van der Waals surface area contributed by atoms with Crippen LogP contribution in [0.4, 0.5) is 5.69 Å². The first kappa shape index (κ1) is 20.7. The summed E-state index contributed by atoms with van der Waals surface area (Å²) in [7, 11) is -3.30. The molecular formula is C19H30N2O4S. The van der Waals surface area contributed by atoms with Gasteiger partial charge < -0.3 is 10.4 Å². The molecule has 0 radical (unpaired) electrons. The van der Waals surface area contributed by atoms with E-state index in [1.165, 1.54) is 0 Å². The monoisotopic (exact) mass is 382 g/mol. The number of aliphatic carboxylic acids is 1. The Balaban J connectivity index is 1.80. The second kappa shape index (κ2) is 8.39. The molecule has 0 heterocycles. The molecule has 0 aliphatic heterocycles. The molecule has 1 aromatic rings. The van der Waals surface area contributed by atoms with Crippen molar-refractivity contribution in [3.8, 4) is 0 Å². The molecule has 26 heavy (non-hydrogen) atoms. The van der Waals surface area contributed by atoms with E-state index in [2.05, 4.69) is 10.0 Å². The lowest BCUT2D eigenvalue weighted by Crippen LogP contribution is -2.46. The fraction of sp³-hybridized carbons (Fsp3) is 0.632. The van der Waals surface area contributed by atoms with Crippen LogP contribution in [0.5, 0.6) is 0 Å². The highest BCUT2D eigenvalue weighted by atomic mass is 32.2. The molecule has 3 N–H and O–H groups in total. The molecule has 1 aliphatic rings. The van der Waals surface area contributed by atoms with Crippen LogP contribution in [0, 0.1) is 5.92 Å². The molecule has 1 fully saturated rings. The van der Waals surface area contributed by atoms with E-state index in [0.717, 1.165) is 43.5 Å². The molecule has 0 amide bonds. The minimum absolute atomic E-state index is 0.0224. The highest BCUT2D eigenvalue weighted by Gasteiger charge is 2.32. The summed E-state index contributed by atoms with van der Waals surface area (Å²) in [5, 5.41) is 12.3. The molecule has 0 spiro atoms. The first-order valence-corrected chi connectivity index (χ1v) is 10.6. The number of carboxylic acid groups (broad SMARTS) is 1. The molecule has 0 aromatic heterocycles. The summed E-state index contributed by atoms with van der Waals surface area (Å²) in [6.07, 6.45) is 3.66. The van der Waals surface area contributed by atoms with Crippen LogP contribution in [0.3, 0.4) is 0 Å². The van der Waals surface area contributed by atoms with Crippen molar-refractivity contribution in [2.75, 3.05) is 11.9 Å². The van der Waals surface area contributed by atoms with Crippen molar-refractivity contribution in [1.29, 1.82) is 0 Å². The Kier molecular flexibility index (Phi) is 6.69. The number of hydrogen-bond donors (Lipinski definition) is 3. The molecule has 146 valence electrons. The molecule has 0 bridgehead atoms. The number of anilines is 1. The Morgan fingerprint density at radius 2 is 1.85 bits per heavy atom. The molecule has 1 aliphatic carbocycles. The van der Waals surface area contributed by atoms with Crippen molar-refractivity contribution in [2.45, 2.75) is 63.7 Å². The van der Waals surface area contributed by atoms with Crippen molar-refractivity contribution in [1.82, 2.24) is 4.72 Å². The van der Waals surface area contributed by atoms with Gasteiger partial charge in [0.05, 0.1) is 11.2 Å². The Bertz CT molecular complexity index is 717. The number of carbonyl (C=O) groups is 1. The molecule has 6 nitrogen and oxygen atoms in total. The quantitative estimate of drug-likeness (QED) is 0.674. The van der Waals surface area contributed by atoms with Gasteiger partial charge in [-0.2, -0.15) is 0 Å². The van der Waals surface area contributed by atoms with Gasteiger partial charge in [0, 0.05) is 18.3 Å². The van der Waals surface area contributed by atoms with Crippen LogP contribution in [-0.2, 0) is 21.2 Å². The van der Waals surface area contributed by atoms with Crippen LogP contribution in [0.15, 0.2) is 24.3 Å². The zero-order valence-electron chi connectivity index (χ0n) is 15.8. The van der Waals surface area contributed by atoms with Crippen molar-refractivity contribution < 1.29 is 18.3 Å². The number of sulfonamides is 1. The summed E-state index contributed by atoms with van der Waals surface area (Å²) in [4.78, 5) is 10.8. The maximum Gasteiger partial charge on any atom is 0.307 e. The molecule has 2 rings (SSSR count). The Morgan fingerprint density at radius 3 is 2.42 bits per heavy atom. The van der Waals surface area contributed by atoms with Gasteiger partial charge >= 0.3 is 5.97 Å². The predicted octanol–water partition coefficient (Wildman–Crippen LogP) is 3.00. The predicted molar refractivity (Wildman–Crippen MR) is 104 cm³/mol. The van der Waals surface area contributed by atoms with Crippen LogP contribution in [0.25, 0.3) is 0 Å². The number of benzene rings is 1. The molecular weight excluding hydrogens is 352 g/mol. The van der Waals surface area contributed by atoms with Crippen molar-refractivity contribution in [3.63, 3.8) is 0 Å². The average molecular weight is 383 g/mol. The van der Waals surface area contributed by atoms with E-state index in [-0.39, 0.29) is 12.5 Å². The second-order valence-corrected chi connectivity index (χ2v) is 10.6. The fourth-order valence-electron chi connectivity index (χ4n) is 3.11. The summed E-state index contributed by atoms with van der Waals surface area (Å²) in [5.41, 5.74) is 1.71. The van der Waals surface area contributed by atoms with Gasteiger partial charge in [0.25, 0.3) is 0 Å². The highest BCUT2D eigenvalue weighted by Crippen LogP contribution is 2.26. The lowest BCUT2D eigenvalue weighted by Gasteiger charge is -2.31. The zero-order chi connectivity index (χ0) is 19.4. The standard InChI is InChI=1S/C19H30N2O4S/c1-19(2,3)26(24,25)21-16-9-7-14(8-10-16)13-20-17-6-4-5-15(11-17)12-18(22)23/h4-6,11,14,16,20-21H,7-10,12-13H2,1-3H3,(H,22,23). The molecule has 7 heteroatoms. The van der Waals surface area contributed by atoms with Gasteiger partial charge in [-0.3, -0.25) is 4.79 Å². The van der Waals surface area contributed by atoms with Gasteiger partial charge in [0.15, 0.2) is 0 Å². The van der Waals surface area contributed by atoms with E-state index >= 15 is 0 Å². The van der Waals surface area contributed by atoms with Crippen molar-refractivity contribution >= 4 is 21.7 Å². The number of carboxylic acids is 1. The summed E-state index contributed by atoms with van der Waals surface area (Å²) < 4.78 is 26.6. The molecule has 0 unspecified atom stereocenters. The SMILES string of the molecule is CC(C)(C)S(=O)(=O)NC1CCC(CNc2cccc(CC(=O)O)c2)CC1. The minimum Gasteiger partial charge on any atom is -0.481 e. The van der Waals surface area contributed by atoms with E-state index in [9.17, 15) is 13.2 Å². The van der Waals surface area contributed by atoms with E-state index in [1.807, 2.05) is 24.3 Å². The van der Waals surface area contributed by atoms with Crippen LogP contribution in [0.2, 0.25) is 0 Å². The summed E-state index contributed by atoms with van der Waals surface area (Å²) in [6, 6.07) is 7.50. The Morgan fingerprint density at radius 1 is 1.19 bits per heavy atom. The summed E-state index contributed by atoms with van der Waals surface area (Å²) >= 11 is 0. The number of hydrogen-bond acceptors (Lipinski definition) is 4. The van der Waals surface area contributed by atoms with Crippen molar-refractivity contribution in [3.05, 3.63) is 29.8 Å². The van der Waals surface area contributed by atoms with E-state index < -0.39 is 20.7 Å². The Labute approximate surface area is 156 Å². The molecule has 0 atom stereocenters. The Hall–Kier alpha value is -1.60. The average Bonchev–Trinajstić information content (AvgIpc) is 2.52.